The number of nitrogens with one attached hydrogen (secondary N) is 2. The standard InChI is InChI=1S/C22H26N4O3S/c27-22(24-21-19-7-1-5-16(19)10-17-6-2-8-20(17)21)25-30(28,29)18-13-26(14-18)12-15-4-3-9-23-11-15/h3-4,9-11,18H,1-2,5-8,12-14H2,(H2,24,25,27). The summed E-state index contributed by atoms with van der Waals surface area (Å²) in [6.45, 7) is 1.48. The van der Waals surface area contributed by atoms with E-state index in [1.165, 1.54) is 22.3 Å². The van der Waals surface area contributed by atoms with Crippen LogP contribution in [-0.2, 0) is 42.3 Å². The number of likely N-dealkylation sites (tertiary alicyclic amines) is 1. The third-order valence-electron chi connectivity index (χ3n) is 6.44. The Morgan fingerprint density at radius 1 is 1.10 bits per heavy atom. The second kappa shape index (κ2) is 7.67. The van der Waals surface area contributed by atoms with Gasteiger partial charge in [-0.2, -0.15) is 0 Å². The van der Waals surface area contributed by atoms with Crippen LogP contribution < -0.4 is 10.0 Å². The molecule has 1 fully saturated rings. The van der Waals surface area contributed by atoms with Gasteiger partial charge in [-0.15, -0.1) is 0 Å². The highest BCUT2D eigenvalue weighted by atomic mass is 32.2. The molecule has 1 aliphatic heterocycles. The summed E-state index contributed by atoms with van der Waals surface area (Å²) < 4.78 is 27.6. The summed E-state index contributed by atoms with van der Waals surface area (Å²) >= 11 is 0. The molecule has 2 aliphatic carbocycles. The molecule has 2 heterocycles. The number of amides is 2. The van der Waals surface area contributed by atoms with Gasteiger partial charge in [0.05, 0.1) is 0 Å². The fourth-order valence-corrected chi connectivity index (χ4v) is 6.21. The van der Waals surface area contributed by atoms with Crippen LogP contribution in [-0.4, -0.2) is 42.7 Å². The lowest BCUT2D eigenvalue weighted by molar-refractivity contribution is 0.175. The highest BCUT2D eigenvalue weighted by Gasteiger charge is 2.38. The average molecular weight is 427 g/mol. The highest BCUT2D eigenvalue weighted by molar-refractivity contribution is 7.90. The molecule has 1 aromatic heterocycles. The van der Waals surface area contributed by atoms with Gasteiger partial charge in [-0.3, -0.25) is 9.88 Å². The number of nitrogens with zero attached hydrogens (tertiary/aromatic N) is 2. The fourth-order valence-electron chi connectivity index (χ4n) is 4.92. The van der Waals surface area contributed by atoms with Gasteiger partial charge in [-0.25, -0.2) is 17.9 Å². The summed E-state index contributed by atoms with van der Waals surface area (Å²) in [7, 11) is -3.72. The van der Waals surface area contributed by atoms with Gasteiger partial charge in [0, 0.05) is 37.7 Å². The first kappa shape index (κ1) is 19.5. The summed E-state index contributed by atoms with van der Waals surface area (Å²) in [5.41, 5.74) is 6.89. The molecule has 3 aliphatic rings. The van der Waals surface area contributed by atoms with Crippen LogP contribution in [0.25, 0.3) is 0 Å². The van der Waals surface area contributed by atoms with Crippen molar-refractivity contribution in [2.24, 2.45) is 0 Å². The zero-order valence-electron chi connectivity index (χ0n) is 16.9. The van der Waals surface area contributed by atoms with Crippen molar-refractivity contribution in [1.82, 2.24) is 14.6 Å². The molecule has 2 aromatic rings. The topological polar surface area (TPSA) is 91.4 Å². The van der Waals surface area contributed by atoms with Crippen LogP contribution in [0.4, 0.5) is 10.5 Å². The van der Waals surface area contributed by atoms with Crippen LogP contribution in [0.5, 0.6) is 0 Å². The quantitative estimate of drug-likeness (QED) is 0.766. The van der Waals surface area contributed by atoms with Crippen molar-refractivity contribution >= 4 is 21.7 Å². The lowest BCUT2D eigenvalue weighted by Gasteiger charge is -2.38. The van der Waals surface area contributed by atoms with E-state index in [1.807, 2.05) is 17.0 Å². The molecular formula is C22H26N4O3S. The zero-order valence-corrected chi connectivity index (χ0v) is 17.7. The Hall–Kier alpha value is -2.45. The molecule has 2 amide bonds. The molecule has 0 unspecified atom stereocenters. The summed E-state index contributed by atoms with van der Waals surface area (Å²) in [6, 6.07) is 5.48. The number of rotatable bonds is 5. The predicted octanol–water partition coefficient (Wildman–Crippen LogP) is 2.39. The van der Waals surface area contributed by atoms with Gasteiger partial charge in [0.1, 0.15) is 5.25 Å². The highest BCUT2D eigenvalue weighted by Crippen LogP contribution is 2.38. The zero-order chi connectivity index (χ0) is 20.7. The largest absolute Gasteiger partial charge is 0.332 e. The van der Waals surface area contributed by atoms with Gasteiger partial charge in [0.25, 0.3) is 0 Å². The summed E-state index contributed by atoms with van der Waals surface area (Å²) in [5.74, 6) is 0. The van der Waals surface area contributed by atoms with Crippen LogP contribution in [0, 0.1) is 0 Å². The number of urea groups is 1. The number of carbonyl (C=O) groups excluding carboxylic acids is 1. The van der Waals surface area contributed by atoms with Crippen LogP contribution in [0.2, 0.25) is 0 Å². The summed E-state index contributed by atoms with van der Waals surface area (Å²) in [5, 5.41) is 2.33. The van der Waals surface area contributed by atoms with E-state index in [4.69, 9.17) is 0 Å². The maximum atomic E-state index is 12.7. The Labute approximate surface area is 176 Å². The minimum atomic E-state index is -3.72. The van der Waals surface area contributed by atoms with E-state index in [9.17, 15) is 13.2 Å². The van der Waals surface area contributed by atoms with Crippen LogP contribution in [0.15, 0.2) is 30.6 Å². The Balaban J connectivity index is 1.22. The molecule has 1 saturated heterocycles. The Morgan fingerprint density at radius 2 is 1.80 bits per heavy atom. The second-order valence-corrected chi connectivity index (χ2v) is 10.5. The maximum Gasteiger partial charge on any atom is 0.332 e. The number of aryl methyl sites for hydroxylation is 2. The predicted molar refractivity (Wildman–Crippen MR) is 115 cm³/mol. The van der Waals surface area contributed by atoms with E-state index >= 15 is 0 Å². The molecule has 2 N–H and O–H groups in total. The van der Waals surface area contributed by atoms with E-state index in [1.54, 1.807) is 12.4 Å². The Morgan fingerprint density at radius 3 is 2.43 bits per heavy atom. The number of carbonyl (C=O) groups is 1. The molecule has 0 saturated carbocycles. The molecule has 1 aromatic carbocycles. The van der Waals surface area contributed by atoms with Gasteiger partial charge in [-0.05, 0) is 72.4 Å². The maximum absolute atomic E-state index is 12.7. The molecular weight excluding hydrogens is 400 g/mol. The normalized spacial score (nSPS) is 18.5. The molecule has 7 nitrogen and oxygen atoms in total. The van der Waals surface area contributed by atoms with Crippen molar-refractivity contribution in [2.75, 3.05) is 18.4 Å². The molecule has 8 heteroatoms. The first-order valence-electron chi connectivity index (χ1n) is 10.6. The van der Waals surface area contributed by atoms with Gasteiger partial charge < -0.3 is 5.32 Å². The number of fused-ring (bicyclic) bond motifs is 2. The van der Waals surface area contributed by atoms with Crippen molar-refractivity contribution in [3.8, 4) is 0 Å². The van der Waals surface area contributed by atoms with E-state index in [0.717, 1.165) is 49.8 Å². The number of sulfonamides is 1. The molecule has 30 heavy (non-hydrogen) atoms. The number of hydrogen-bond donors (Lipinski definition) is 2. The Kier molecular flexibility index (Phi) is 4.99. The van der Waals surface area contributed by atoms with Crippen LogP contribution in [0.1, 0.15) is 40.7 Å². The van der Waals surface area contributed by atoms with E-state index in [0.29, 0.717) is 19.6 Å². The first-order valence-corrected chi connectivity index (χ1v) is 12.1. The number of pyridine rings is 1. The summed E-state index contributed by atoms with van der Waals surface area (Å²) in [6.07, 6.45) is 9.62. The minimum absolute atomic E-state index is 0.410. The average Bonchev–Trinajstić information content (AvgIpc) is 3.33. The van der Waals surface area contributed by atoms with Gasteiger partial charge in [-0.1, -0.05) is 12.1 Å². The van der Waals surface area contributed by atoms with Gasteiger partial charge in [0.15, 0.2) is 0 Å². The fraction of sp³-hybridized carbons (Fsp3) is 0.455. The molecule has 0 bridgehead atoms. The van der Waals surface area contributed by atoms with E-state index < -0.39 is 21.3 Å². The molecule has 0 spiro atoms. The smallest absolute Gasteiger partial charge is 0.307 e. The second-order valence-electron chi connectivity index (χ2n) is 8.51. The minimum Gasteiger partial charge on any atom is -0.307 e. The Bertz CT molecular complexity index is 1050. The number of aromatic nitrogens is 1. The molecule has 0 radical (unpaired) electrons. The van der Waals surface area contributed by atoms with Crippen molar-refractivity contribution in [1.29, 1.82) is 0 Å². The SMILES string of the molecule is O=C(Nc1c2c(cc3c1CCC3)CCC2)NS(=O)(=O)C1CN(Cc2cccnc2)C1. The summed E-state index contributed by atoms with van der Waals surface area (Å²) in [4.78, 5) is 18.7. The number of anilines is 1. The van der Waals surface area contributed by atoms with Crippen molar-refractivity contribution in [2.45, 2.75) is 50.3 Å². The van der Waals surface area contributed by atoms with Crippen molar-refractivity contribution in [3.05, 3.63) is 58.4 Å². The van der Waals surface area contributed by atoms with Crippen LogP contribution >= 0.6 is 0 Å². The molecule has 158 valence electrons. The molecule has 0 atom stereocenters. The van der Waals surface area contributed by atoms with E-state index in [-0.39, 0.29) is 0 Å². The van der Waals surface area contributed by atoms with Crippen molar-refractivity contribution in [3.63, 3.8) is 0 Å². The lowest BCUT2D eigenvalue weighted by atomic mass is 9.99. The van der Waals surface area contributed by atoms with E-state index in [2.05, 4.69) is 21.1 Å². The third kappa shape index (κ3) is 3.70. The van der Waals surface area contributed by atoms with Crippen molar-refractivity contribution < 1.29 is 13.2 Å². The van der Waals surface area contributed by atoms with Gasteiger partial charge >= 0.3 is 6.03 Å². The van der Waals surface area contributed by atoms with Gasteiger partial charge in [0.2, 0.25) is 10.0 Å². The monoisotopic (exact) mass is 426 g/mol. The number of benzene rings is 1. The third-order valence-corrected chi connectivity index (χ3v) is 8.08. The molecule has 5 rings (SSSR count). The lowest BCUT2D eigenvalue weighted by Crippen LogP contribution is -2.58. The number of hydrogen-bond acceptors (Lipinski definition) is 5. The first-order chi connectivity index (χ1) is 14.5. The van der Waals surface area contributed by atoms with Crippen LogP contribution in [0.3, 0.4) is 0 Å².